The second-order valence-corrected chi connectivity index (χ2v) is 9.37. The maximum Gasteiger partial charge on any atom is 0.203 e. The Morgan fingerprint density at radius 1 is 0.972 bits per heavy atom. The van der Waals surface area contributed by atoms with Crippen LogP contribution in [0.4, 0.5) is 0 Å². The number of methoxy groups -OCH3 is 3. The van der Waals surface area contributed by atoms with Crippen LogP contribution in [0.15, 0.2) is 48.5 Å². The summed E-state index contributed by atoms with van der Waals surface area (Å²) in [6.07, 6.45) is 4.92. The van der Waals surface area contributed by atoms with Crippen LogP contribution in [0.1, 0.15) is 31.5 Å². The third-order valence-corrected chi connectivity index (χ3v) is 7.09. The van der Waals surface area contributed by atoms with Crippen molar-refractivity contribution in [2.45, 2.75) is 38.8 Å². The molecule has 1 fully saturated rings. The van der Waals surface area contributed by atoms with Gasteiger partial charge in [-0.1, -0.05) is 24.3 Å². The summed E-state index contributed by atoms with van der Waals surface area (Å²) in [5.41, 5.74) is 2.15. The van der Waals surface area contributed by atoms with Crippen LogP contribution in [0.2, 0.25) is 0 Å². The standard InChI is InChI=1S/C29H35N3O4/c1-33-26-16-23(17-27(34-2)29(26)35-3)36-19-28-31-24-14-21-10-4-5-11-22(21)15-25(24)32(28)13-7-9-20-8-6-12-30-18-20/h4-5,10-11,14-17,20,30H,6-9,12-13,18-19H2,1-3H3. The third kappa shape index (κ3) is 5.07. The minimum Gasteiger partial charge on any atom is -0.493 e. The summed E-state index contributed by atoms with van der Waals surface area (Å²) >= 11 is 0. The van der Waals surface area contributed by atoms with Crippen molar-refractivity contribution in [1.82, 2.24) is 14.9 Å². The maximum atomic E-state index is 6.23. The lowest BCUT2D eigenvalue weighted by Crippen LogP contribution is -2.29. The van der Waals surface area contributed by atoms with Gasteiger partial charge in [0.25, 0.3) is 0 Å². The van der Waals surface area contributed by atoms with E-state index in [9.17, 15) is 0 Å². The predicted molar refractivity (Wildman–Crippen MR) is 142 cm³/mol. The number of piperidine rings is 1. The van der Waals surface area contributed by atoms with Gasteiger partial charge in [0.05, 0.1) is 32.4 Å². The van der Waals surface area contributed by atoms with Crippen LogP contribution < -0.4 is 24.3 Å². The van der Waals surface area contributed by atoms with Crippen molar-refractivity contribution in [3.05, 3.63) is 54.4 Å². The molecule has 0 amide bonds. The predicted octanol–water partition coefficient (Wildman–Crippen LogP) is 5.57. The smallest absolute Gasteiger partial charge is 0.203 e. The number of aromatic nitrogens is 2. The van der Waals surface area contributed by atoms with E-state index in [1.165, 1.54) is 30.0 Å². The molecular formula is C29H35N3O4. The molecule has 36 heavy (non-hydrogen) atoms. The lowest BCUT2D eigenvalue weighted by molar-refractivity contribution is 0.278. The number of ether oxygens (including phenoxy) is 4. The Kier molecular flexibility index (Phi) is 7.47. The lowest BCUT2D eigenvalue weighted by atomic mass is 9.95. The van der Waals surface area contributed by atoms with Crippen LogP contribution in [0.5, 0.6) is 23.0 Å². The van der Waals surface area contributed by atoms with Crippen molar-refractivity contribution in [3.63, 3.8) is 0 Å². The van der Waals surface area contributed by atoms with Gasteiger partial charge in [0, 0.05) is 18.7 Å². The molecule has 1 aromatic heterocycles. The van der Waals surface area contributed by atoms with Gasteiger partial charge in [-0.05, 0) is 67.6 Å². The fourth-order valence-corrected chi connectivity index (χ4v) is 5.22. The molecule has 1 aliphatic rings. The normalized spacial score (nSPS) is 15.8. The molecule has 1 saturated heterocycles. The fourth-order valence-electron chi connectivity index (χ4n) is 5.22. The third-order valence-electron chi connectivity index (χ3n) is 7.09. The molecule has 1 atom stereocenters. The average molecular weight is 490 g/mol. The highest BCUT2D eigenvalue weighted by atomic mass is 16.5. The van der Waals surface area contributed by atoms with E-state index >= 15 is 0 Å². The highest BCUT2D eigenvalue weighted by molar-refractivity contribution is 5.95. The highest BCUT2D eigenvalue weighted by Gasteiger charge is 2.18. The Balaban J connectivity index is 1.43. The Labute approximate surface area is 212 Å². The minimum absolute atomic E-state index is 0.342. The fraction of sp³-hybridized carbons (Fsp3) is 0.414. The molecule has 1 unspecified atom stereocenters. The summed E-state index contributed by atoms with van der Waals surface area (Å²) in [7, 11) is 4.80. The van der Waals surface area contributed by atoms with E-state index in [1.807, 2.05) is 12.1 Å². The second-order valence-electron chi connectivity index (χ2n) is 9.37. The summed E-state index contributed by atoms with van der Waals surface area (Å²) < 4.78 is 25.0. The van der Waals surface area contributed by atoms with Crippen molar-refractivity contribution in [2.24, 2.45) is 5.92 Å². The van der Waals surface area contributed by atoms with E-state index in [0.29, 0.717) is 29.6 Å². The first-order chi connectivity index (χ1) is 17.7. The zero-order chi connectivity index (χ0) is 24.9. The van der Waals surface area contributed by atoms with Crippen LogP contribution in [0.25, 0.3) is 21.8 Å². The molecule has 2 heterocycles. The number of aryl methyl sites for hydroxylation is 1. The molecule has 0 spiro atoms. The topological polar surface area (TPSA) is 66.8 Å². The van der Waals surface area contributed by atoms with Gasteiger partial charge in [0.1, 0.15) is 18.2 Å². The van der Waals surface area contributed by atoms with Crippen molar-refractivity contribution >= 4 is 21.8 Å². The minimum atomic E-state index is 0.342. The van der Waals surface area contributed by atoms with Crippen LogP contribution in [0.3, 0.4) is 0 Å². The number of fused-ring (bicyclic) bond motifs is 2. The van der Waals surface area contributed by atoms with E-state index in [4.69, 9.17) is 23.9 Å². The molecular weight excluding hydrogens is 454 g/mol. The van der Waals surface area contributed by atoms with Gasteiger partial charge in [-0.2, -0.15) is 0 Å². The molecule has 190 valence electrons. The van der Waals surface area contributed by atoms with Crippen molar-refractivity contribution in [1.29, 1.82) is 0 Å². The van der Waals surface area contributed by atoms with Gasteiger partial charge < -0.3 is 28.8 Å². The second kappa shape index (κ2) is 11.1. The quantitative estimate of drug-likeness (QED) is 0.314. The zero-order valence-electron chi connectivity index (χ0n) is 21.4. The van der Waals surface area contributed by atoms with Crippen LogP contribution in [-0.4, -0.2) is 44.0 Å². The van der Waals surface area contributed by atoms with E-state index in [0.717, 1.165) is 48.8 Å². The first-order valence-corrected chi connectivity index (χ1v) is 12.7. The number of benzene rings is 3. The number of imidazole rings is 1. The number of nitrogens with one attached hydrogen (secondary N) is 1. The van der Waals surface area contributed by atoms with Crippen LogP contribution >= 0.6 is 0 Å². The summed E-state index contributed by atoms with van der Waals surface area (Å²) in [5, 5.41) is 5.95. The average Bonchev–Trinajstić information content (AvgIpc) is 3.26. The Bertz CT molecular complexity index is 1300. The molecule has 7 nitrogen and oxygen atoms in total. The van der Waals surface area contributed by atoms with Gasteiger partial charge in [0.15, 0.2) is 11.5 Å². The van der Waals surface area contributed by atoms with Crippen molar-refractivity contribution in [3.8, 4) is 23.0 Å². The zero-order valence-corrected chi connectivity index (χ0v) is 21.4. The van der Waals surface area contributed by atoms with Crippen LogP contribution in [-0.2, 0) is 13.2 Å². The summed E-state index contributed by atoms with van der Waals surface area (Å²) in [6.45, 7) is 3.54. The number of rotatable bonds is 10. The Hall–Kier alpha value is -3.45. The van der Waals surface area contributed by atoms with E-state index in [1.54, 1.807) is 21.3 Å². The first-order valence-electron chi connectivity index (χ1n) is 12.7. The molecule has 3 aromatic carbocycles. The van der Waals surface area contributed by atoms with Gasteiger partial charge in [-0.25, -0.2) is 4.98 Å². The molecule has 0 aliphatic carbocycles. The number of nitrogens with zero attached hydrogens (tertiary/aromatic N) is 2. The molecule has 4 aromatic rings. The molecule has 1 aliphatic heterocycles. The lowest BCUT2D eigenvalue weighted by Gasteiger charge is -2.22. The van der Waals surface area contributed by atoms with Gasteiger partial charge in [0.2, 0.25) is 5.75 Å². The summed E-state index contributed by atoms with van der Waals surface area (Å²) in [4.78, 5) is 5.00. The van der Waals surface area contributed by atoms with E-state index < -0.39 is 0 Å². The Morgan fingerprint density at radius 2 is 1.72 bits per heavy atom. The number of hydrogen-bond acceptors (Lipinski definition) is 6. The van der Waals surface area contributed by atoms with Gasteiger partial charge in [-0.3, -0.25) is 0 Å². The molecule has 5 rings (SSSR count). The monoisotopic (exact) mass is 489 g/mol. The largest absolute Gasteiger partial charge is 0.493 e. The molecule has 0 radical (unpaired) electrons. The molecule has 1 N–H and O–H groups in total. The van der Waals surface area contributed by atoms with E-state index in [2.05, 4.69) is 46.3 Å². The summed E-state index contributed by atoms with van der Waals surface area (Å²) in [6, 6.07) is 16.5. The van der Waals surface area contributed by atoms with Crippen molar-refractivity contribution in [2.75, 3.05) is 34.4 Å². The van der Waals surface area contributed by atoms with Crippen molar-refractivity contribution < 1.29 is 18.9 Å². The van der Waals surface area contributed by atoms with E-state index in [-0.39, 0.29) is 0 Å². The first kappa shape index (κ1) is 24.3. The molecule has 7 heteroatoms. The highest BCUT2D eigenvalue weighted by Crippen LogP contribution is 2.41. The van der Waals surface area contributed by atoms with Gasteiger partial charge >= 0.3 is 0 Å². The Morgan fingerprint density at radius 3 is 2.39 bits per heavy atom. The van der Waals surface area contributed by atoms with Gasteiger partial charge in [-0.15, -0.1) is 0 Å². The molecule has 0 saturated carbocycles. The van der Waals surface area contributed by atoms with Crippen LogP contribution in [0, 0.1) is 5.92 Å². The maximum absolute atomic E-state index is 6.23. The summed E-state index contributed by atoms with van der Waals surface area (Å²) in [5.74, 6) is 3.98. The molecule has 0 bridgehead atoms. The number of hydrogen-bond donors (Lipinski definition) is 1. The SMILES string of the molecule is COc1cc(OCc2nc3cc4ccccc4cc3n2CCCC2CCCNC2)cc(OC)c1OC.